The van der Waals surface area contributed by atoms with E-state index in [0.29, 0.717) is 32.4 Å². The highest BCUT2D eigenvalue weighted by Crippen LogP contribution is 2.48. The molecule has 0 amide bonds. The van der Waals surface area contributed by atoms with Gasteiger partial charge >= 0.3 is 12.2 Å². The van der Waals surface area contributed by atoms with Crippen molar-refractivity contribution in [2.75, 3.05) is 43.8 Å². The van der Waals surface area contributed by atoms with E-state index >= 15 is 8.78 Å². The molecule has 3 aliphatic rings. The smallest absolute Gasteiger partial charge is 0.418 e. The van der Waals surface area contributed by atoms with Crippen molar-refractivity contribution >= 4 is 22.5 Å². The number of pyridine rings is 2. The van der Waals surface area contributed by atoms with E-state index in [1.165, 1.54) is 0 Å². The van der Waals surface area contributed by atoms with Crippen molar-refractivity contribution in [3.63, 3.8) is 0 Å². The summed E-state index contributed by atoms with van der Waals surface area (Å²) in [4.78, 5) is 17.8. The van der Waals surface area contributed by atoms with Crippen LogP contribution in [0.2, 0.25) is 0 Å². The molecule has 6 heterocycles. The molecule has 2 saturated heterocycles. The van der Waals surface area contributed by atoms with E-state index in [1.807, 2.05) is 6.92 Å². The number of alkyl halides is 5. The number of rotatable bonds is 5. The van der Waals surface area contributed by atoms with E-state index in [1.54, 1.807) is 11.8 Å². The first-order valence-electron chi connectivity index (χ1n) is 15.0. The van der Waals surface area contributed by atoms with Gasteiger partial charge in [-0.15, -0.1) is 0 Å². The van der Waals surface area contributed by atoms with Crippen LogP contribution in [0.15, 0.2) is 0 Å². The van der Waals surface area contributed by atoms with Crippen LogP contribution in [-0.2, 0) is 6.18 Å². The number of aryl methyl sites for hydroxylation is 1. The lowest BCUT2D eigenvalue weighted by atomic mass is 9.85. The highest BCUT2D eigenvalue weighted by molar-refractivity contribution is 5.96. The lowest BCUT2D eigenvalue weighted by Crippen LogP contribution is -2.59. The fourth-order valence-corrected chi connectivity index (χ4v) is 6.42. The van der Waals surface area contributed by atoms with Crippen molar-refractivity contribution in [1.82, 2.24) is 30.2 Å². The van der Waals surface area contributed by atoms with E-state index in [9.17, 15) is 22.0 Å². The number of aromatic nitrogens is 4. The summed E-state index contributed by atoms with van der Waals surface area (Å²) in [7, 11) is 0. The summed E-state index contributed by atoms with van der Waals surface area (Å²) in [5.74, 6) is -7.19. The van der Waals surface area contributed by atoms with Crippen molar-refractivity contribution < 1.29 is 40.2 Å². The fraction of sp³-hybridized carbons (Fsp3) is 0.586. The minimum absolute atomic E-state index is 0.0102. The topological polar surface area (TPSA) is 123 Å². The molecule has 6 rings (SSSR count). The maximum absolute atomic E-state index is 16.6. The van der Waals surface area contributed by atoms with Gasteiger partial charge in [0.2, 0.25) is 5.88 Å². The van der Waals surface area contributed by atoms with Gasteiger partial charge in [-0.2, -0.15) is 23.1 Å². The number of hydrogen-bond donors (Lipinski definition) is 3. The van der Waals surface area contributed by atoms with Gasteiger partial charge in [-0.05, 0) is 39.7 Å². The highest BCUT2D eigenvalue weighted by atomic mass is 19.4. The van der Waals surface area contributed by atoms with E-state index in [0.717, 1.165) is 6.92 Å². The quantitative estimate of drug-likeness (QED) is 0.320. The van der Waals surface area contributed by atoms with Crippen LogP contribution in [0.5, 0.6) is 11.9 Å². The van der Waals surface area contributed by atoms with Gasteiger partial charge in [-0.1, -0.05) is 6.92 Å². The molecule has 0 radical (unpaired) electrons. The summed E-state index contributed by atoms with van der Waals surface area (Å²) in [5, 5.41) is 6.37. The Morgan fingerprint density at radius 3 is 2.54 bits per heavy atom. The Labute approximate surface area is 259 Å². The summed E-state index contributed by atoms with van der Waals surface area (Å²) in [6.07, 6.45) is -4.61. The molecular weight excluding hydrogens is 625 g/mol. The van der Waals surface area contributed by atoms with Gasteiger partial charge in [0.05, 0.1) is 35.0 Å². The Hall–Kier alpha value is -3.73. The maximum Gasteiger partial charge on any atom is 0.418 e. The molecule has 3 aliphatic heterocycles. The number of nitrogen functional groups attached to an aromatic ring is 1. The summed E-state index contributed by atoms with van der Waals surface area (Å²) < 4.78 is 115. The molecule has 3 aromatic rings. The van der Waals surface area contributed by atoms with Crippen LogP contribution in [0.3, 0.4) is 0 Å². The van der Waals surface area contributed by atoms with Gasteiger partial charge < -0.3 is 25.8 Å². The zero-order valence-corrected chi connectivity index (χ0v) is 25.3. The lowest BCUT2D eigenvalue weighted by molar-refractivity contribution is -0.138. The number of fused-ring (bicyclic) bond motifs is 1. The molecule has 3 aromatic heterocycles. The van der Waals surface area contributed by atoms with Gasteiger partial charge in [0, 0.05) is 25.6 Å². The van der Waals surface area contributed by atoms with Crippen LogP contribution in [0.25, 0.3) is 22.2 Å². The lowest BCUT2D eigenvalue weighted by Gasteiger charge is -2.46. The molecule has 3 atom stereocenters. The van der Waals surface area contributed by atoms with Gasteiger partial charge in [-0.25, -0.2) is 27.5 Å². The molecular formula is C29H33F7N8O2. The van der Waals surface area contributed by atoms with Crippen LogP contribution >= 0.6 is 0 Å². The zero-order valence-electron chi connectivity index (χ0n) is 25.3. The Morgan fingerprint density at radius 1 is 1.13 bits per heavy atom. The average Bonchev–Trinajstić information content (AvgIpc) is 3.13. The van der Waals surface area contributed by atoms with Gasteiger partial charge in [-0.3, -0.25) is 4.90 Å². The summed E-state index contributed by atoms with van der Waals surface area (Å²) in [6, 6.07) is -0.478. The molecule has 4 N–H and O–H groups in total. The summed E-state index contributed by atoms with van der Waals surface area (Å²) in [5.41, 5.74) is -0.479. The summed E-state index contributed by atoms with van der Waals surface area (Å²) >= 11 is 0. The van der Waals surface area contributed by atoms with E-state index in [2.05, 4.69) is 30.6 Å². The number of anilines is 2. The number of nitrogens with two attached hydrogens (primary N) is 1. The molecule has 17 heteroatoms. The van der Waals surface area contributed by atoms with Crippen LogP contribution < -0.4 is 25.8 Å². The minimum Gasteiger partial charge on any atom is -0.474 e. The predicted molar refractivity (Wildman–Crippen MR) is 154 cm³/mol. The molecule has 0 aliphatic carbocycles. The third-order valence-electron chi connectivity index (χ3n) is 8.90. The van der Waals surface area contributed by atoms with Crippen molar-refractivity contribution in [2.24, 2.45) is 0 Å². The van der Waals surface area contributed by atoms with Crippen LogP contribution in [0, 0.1) is 18.6 Å². The van der Waals surface area contributed by atoms with E-state index in [4.69, 9.17) is 15.2 Å². The second-order valence-electron chi connectivity index (χ2n) is 12.2. The first-order chi connectivity index (χ1) is 21.6. The predicted octanol–water partition coefficient (Wildman–Crippen LogP) is 5.09. The van der Waals surface area contributed by atoms with Crippen LogP contribution in [0.1, 0.15) is 50.8 Å². The second kappa shape index (κ2) is 11.5. The van der Waals surface area contributed by atoms with Crippen LogP contribution in [0.4, 0.5) is 42.4 Å². The van der Waals surface area contributed by atoms with Crippen molar-refractivity contribution in [3.8, 4) is 23.1 Å². The molecule has 0 aromatic carbocycles. The molecule has 2 unspecified atom stereocenters. The normalized spacial score (nSPS) is 24.8. The number of nitrogens with zero attached hydrogens (tertiary/aromatic N) is 5. The average molecular weight is 659 g/mol. The Bertz CT molecular complexity index is 1670. The van der Waals surface area contributed by atoms with Crippen molar-refractivity contribution in [1.29, 1.82) is 0 Å². The Balaban J connectivity index is 1.56. The number of hydrogen-bond acceptors (Lipinski definition) is 10. The van der Waals surface area contributed by atoms with Gasteiger partial charge in [0.15, 0.2) is 17.5 Å². The number of ether oxygens (including phenoxy) is 2. The minimum atomic E-state index is -5.16. The molecule has 46 heavy (non-hydrogen) atoms. The highest BCUT2D eigenvalue weighted by Gasteiger charge is 2.60. The molecule has 0 saturated carbocycles. The van der Waals surface area contributed by atoms with Gasteiger partial charge in [0.25, 0.3) is 5.92 Å². The molecule has 250 valence electrons. The fourth-order valence-electron chi connectivity index (χ4n) is 6.42. The van der Waals surface area contributed by atoms with Gasteiger partial charge in [0.1, 0.15) is 29.0 Å². The van der Waals surface area contributed by atoms with Crippen molar-refractivity contribution in [2.45, 2.75) is 76.2 Å². The molecule has 0 spiro atoms. The second-order valence-corrected chi connectivity index (χ2v) is 12.2. The third-order valence-corrected chi connectivity index (χ3v) is 8.90. The molecule has 2 fully saturated rings. The van der Waals surface area contributed by atoms with E-state index in [-0.39, 0.29) is 36.3 Å². The first kappa shape index (κ1) is 32.2. The largest absolute Gasteiger partial charge is 0.474 e. The van der Waals surface area contributed by atoms with E-state index < -0.39 is 88.2 Å². The number of nitrogens with one attached hydrogen (secondary N) is 2. The maximum atomic E-state index is 16.6. The summed E-state index contributed by atoms with van der Waals surface area (Å²) in [6.45, 7) is 5.22. The molecule has 10 nitrogen and oxygen atoms in total. The zero-order chi connectivity index (χ0) is 33.2. The Morgan fingerprint density at radius 2 is 1.89 bits per heavy atom. The third kappa shape index (κ3) is 5.71. The Kier molecular flexibility index (Phi) is 8.06. The standard InChI is InChI=1S/C29H33F7N8O2/c1-4-15-9-39-24-17-22(42-26(43-24)45-12-27-6-8-44(27)11-28(32,33)10-27)20(31)21(41-25(17)46-13(2)5-7-38-15)16-18(29(34,35)36)14(3)40-23(37)19(16)30/h13,15,38H,4-12H2,1-3H3,(H2,37,40)(H,39,42,43)/t13-,15?,27?/m0/s1. The van der Waals surface area contributed by atoms with Crippen molar-refractivity contribution in [3.05, 3.63) is 22.9 Å². The number of halogens is 7. The first-order valence-corrected chi connectivity index (χ1v) is 15.0. The SMILES string of the molecule is CCC1CNc2nc(OCC34CCN3CC(F)(F)C4)nc3c(F)c(-c4c(F)c(N)nc(C)c4C(F)(F)F)nc(c23)O[C@@H](C)CCN1. The monoisotopic (exact) mass is 658 g/mol. The van der Waals surface area contributed by atoms with Crippen LogP contribution in [-0.4, -0.2) is 81.2 Å². The molecule has 0 bridgehead atoms.